The lowest BCUT2D eigenvalue weighted by Gasteiger charge is -2.36. The SMILES string of the molecule is Cc1ccc(S(=O)(=O)OCCC(c2ccccc2)(c2ccccc2)c2ccccc2)cc1. The second-order valence-electron chi connectivity index (χ2n) is 7.84. The van der Waals surface area contributed by atoms with Gasteiger partial charge in [-0.15, -0.1) is 0 Å². The van der Waals surface area contributed by atoms with E-state index in [1.165, 1.54) is 0 Å². The average molecular weight is 443 g/mol. The number of aryl methyl sites for hydroxylation is 1. The standard InChI is InChI=1S/C28H26O3S/c1-23-17-19-27(20-18-23)32(29,30)31-22-21-28(24-11-5-2-6-12-24,25-13-7-3-8-14-25)26-15-9-4-10-16-26/h2-20H,21-22H2,1H3. The lowest BCUT2D eigenvalue weighted by Crippen LogP contribution is -2.31. The van der Waals surface area contributed by atoms with E-state index in [-0.39, 0.29) is 11.5 Å². The molecule has 0 saturated heterocycles. The third-order valence-electron chi connectivity index (χ3n) is 5.82. The summed E-state index contributed by atoms with van der Waals surface area (Å²) < 4.78 is 31.2. The van der Waals surface area contributed by atoms with E-state index in [0.717, 1.165) is 22.3 Å². The normalized spacial score (nSPS) is 11.9. The van der Waals surface area contributed by atoms with Crippen LogP contribution in [0.15, 0.2) is 120 Å². The smallest absolute Gasteiger partial charge is 0.266 e. The first-order valence-electron chi connectivity index (χ1n) is 10.6. The molecule has 4 heteroatoms. The molecule has 0 radical (unpaired) electrons. The fourth-order valence-corrected chi connectivity index (χ4v) is 5.09. The van der Waals surface area contributed by atoms with Crippen molar-refractivity contribution >= 4 is 10.1 Å². The zero-order chi connectivity index (χ0) is 22.4. The van der Waals surface area contributed by atoms with Crippen LogP contribution >= 0.6 is 0 Å². The fraction of sp³-hybridized carbons (Fsp3) is 0.143. The second-order valence-corrected chi connectivity index (χ2v) is 9.46. The first-order valence-corrected chi connectivity index (χ1v) is 12.1. The van der Waals surface area contributed by atoms with Crippen LogP contribution < -0.4 is 0 Å². The molecule has 0 unspecified atom stereocenters. The van der Waals surface area contributed by atoms with Crippen molar-refractivity contribution in [3.05, 3.63) is 138 Å². The lowest BCUT2D eigenvalue weighted by molar-refractivity contribution is 0.289. The number of rotatable bonds is 8. The lowest BCUT2D eigenvalue weighted by atomic mass is 9.67. The maximum Gasteiger partial charge on any atom is 0.296 e. The molecule has 32 heavy (non-hydrogen) atoms. The summed E-state index contributed by atoms with van der Waals surface area (Å²) in [5.41, 5.74) is 3.73. The monoisotopic (exact) mass is 442 g/mol. The molecule has 0 bridgehead atoms. The maximum absolute atomic E-state index is 12.8. The highest BCUT2D eigenvalue weighted by atomic mass is 32.2. The van der Waals surface area contributed by atoms with Crippen LogP contribution in [0.2, 0.25) is 0 Å². The van der Waals surface area contributed by atoms with E-state index in [2.05, 4.69) is 36.4 Å². The van der Waals surface area contributed by atoms with Gasteiger partial charge in [0.15, 0.2) is 0 Å². The molecule has 0 N–H and O–H groups in total. The summed E-state index contributed by atoms with van der Waals surface area (Å²) in [5.74, 6) is 0. The van der Waals surface area contributed by atoms with Gasteiger partial charge in [-0.2, -0.15) is 8.42 Å². The first kappa shape index (κ1) is 22.0. The minimum Gasteiger partial charge on any atom is -0.266 e. The van der Waals surface area contributed by atoms with Gasteiger partial charge in [-0.05, 0) is 42.2 Å². The van der Waals surface area contributed by atoms with Gasteiger partial charge in [-0.3, -0.25) is 4.18 Å². The quantitative estimate of drug-likeness (QED) is 0.244. The van der Waals surface area contributed by atoms with E-state index in [9.17, 15) is 8.42 Å². The Kier molecular flexibility index (Phi) is 6.54. The molecule has 4 aromatic rings. The molecule has 0 heterocycles. The van der Waals surface area contributed by atoms with E-state index < -0.39 is 15.5 Å². The summed E-state index contributed by atoms with van der Waals surface area (Å²) in [6.07, 6.45) is 0.468. The molecule has 0 spiro atoms. The third kappa shape index (κ3) is 4.52. The molecule has 0 amide bonds. The van der Waals surface area contributed by atoms with Crippen molar-refractivity contribution in [3.63, 3.8) is 0 Å². The molecular formula is C28H26O3S. The molecule has 0 aliphatic rings. The van der Waals surface area contributed by atoms with Gasteiger partial charge in [0.05, 0.1) is 11.5 Å². The summed E-state index contributed by atoms with van der Waals surface area (Å²) in [5, 5.41) is 0. The van der Waals surface area contributed by atoms with Gasteiger partial charge in [0.2, 0.25) is 0 Å². The molecule has 0 atom stereocenters. The predicted molar refractivity (Wildman–Crippen MR) is 128 cm³/mol. The van der Waals surface area contributed by atoms with Crippen LogP contribution in [0.1, 0.15) is 28.7 Å². The summed E-state index contributed by atoms with van der Waals surface area (Å²) in [4.78, 5) is 0.174. The average Bonchev–Trinajstić information content (AvgIpc) is 2.84. The highest BCUT2D eigenvalue weighted by Gasteiger charge is 2.36. The third-order valence-corrected chi connectivity index (χ3v) is 7.15. The Labute approximate surface area is 190 Å². The van der Waals surface area contributed by atoms with E-state index in [1.54, 1.807) is 24.3 Å². The summed E-state index contributed by atoms with van der Waals surface area (Å²) in [6.45, 7) is 1.97. The Morgan fingerprint density at radius 1 is 0.625 bits per heavy atom. The summed E-state index contributed by atoms with van der Waals surface area (Å²) in [6, 6.07) is 37.3. The Morgan fingerprint density at radius 3 is 1.44 bits per heavy atom. The van der Waals surface area contributed by atoms with E-state index in [1.807, 2.05) is 61.5 Å². The molecule has 0 aliphatic heterocycles. The fourth-order valence-electron chi connectivity index (χ4n) is 4.18. The minimum absolute atomic E-state index is 0.0505. The molecule has 4 rings (SSSR count). The van der Waals surface area contributed by atoms with Gasteiger partial charge < -0.3 is 0 Å². The zero-order valence-electron chi connectivity index (χ0n) is 18.0. The first-order chi connectivity index (χ1) is 15.5. The molecule has 4 aromatic carbocycles. The van der Waals surface area contributed by atoms with Crippen molar-refractivity contribution in [1.29, 1.82) is 0 Å². The topological polar surface area (TPSA) is 43.4 Å². The van der Waals surface area contributed by atoms with Crippen LogP contribution in [0.25, 0.3) is 0 Å². The Morgan fingerprint density at radius 2 is 1.03 bits per heavy atom. The van der Waals surface area contributed by atoms with Crippen molar-refractivity contribution < 1.29 is 12.6 Å². The van der Waals surface area contributed by atoms with Crippen LogP contribution in [0.5, 0.6) is 0 Å². The predicted octanol–water partition coefficient (Wildman–Crippen LogP) is 6.13. The zero-order valence-corrected chi connectivity index (χ0v) is 18.8. The van der Waals surface area contributed by atoms with Gasteiger partial charge in [-0.1, -0.05) is 109 Å². The number of hydrogen-bond acceptors (Lipinski definition) is 3. The van der Waals surface area contributed by atoms with Crippen molar-refractivity contribution in [1.82, 2.24) is 0 Å². The van der Waals surface area contributed by atoms with Crippen LogP contribution in [-0.4, -0.2) is 15.0 Å². The van der Waals surface area contributed by atoms with Crippen LogP contribution in [0.3, 0.4) is 0 Å². The van der Waals surface area contributed by atoms with Crippen molar-refractivity contribution in [3.8, 4) is 0 Å². The molecule has 0 fully saturated rings. The van der Waals surface area contributed by atoms with E-state index in [4.69, 9.17) is 4.18 Å². The van der Waals surface area contributed by atoms with E-state index >= 15 is 0 Å². The maximum atomic E-state index is 12.8. The second kappa shape index (κ2) is 9.51. The van der Waals surface area contributed by atoms with E-state index in [0.29, 0.717) is 6.42 Å². The molecule has 162 valence electrons. The van der Waals surface area contributed by atoms with Gasteiger partial charge >= 0.3 is 0 Å². The number of benzene rings is 4. The van der Waals surface area contributed by atoms with Gasteiger partial charge in [0.25, 0.3) is 10.1 Å². The molecule has 0 aromatic heterocycles. The molecular weight excluding hydrogens is 416 g/mol. The van der Waals surface area contributed by atoms with Gasteiger partial charge in [0, 0.05) is 5.41 Å². The Bertz CT molecular complexity index is 1140. The summed E-state index contributed by atoms with van der Waals surface area (Å²) in [7, 11) is -3.85. The van der Waals surface area contributed by atoms with Crippen LogP contribution in [0, 0.1) is 6.92 Å². The van der Waals surface area contributed by atoms with Gasteiger partial charge in [-0.25, -0.2) is 0 Å². The highest BCUT2D eigenvalue weighted by molar-refractivity contribution is 7.86. The Hall–Kier alpha value is -3.21. The Balaban J connectivity index is 1.74. The van der Waals surface area contributed by atoms with Gasteiger partial charge in [0.1, 0.15) is 0 Å². The highest BCUT2D eigenvalue weighted by Crippen LogP contribution is 2.42. The van der Waals surface area contributed by atoms with Crippen molar-refractivity contribution in [2.45, 2.75) is 23.7 Å². The van der Waals surface area contributed by atoms with Crippen molar-refractivity contribution in [2.75, 3.05) is 6.61 Å². The number of hydrogen-bond donors (Lipinski definition) is 0. The molecule has 0 aliphatic carbocycles. The summed E-state index contributed by atoms with van der Waals surface area (Å²) >= 11 is 0. The minimum atomic E-state index is -3.85. The molecule has 0 saturated carbocycles. The van der Waals surface area contributed by atoms with Crippen LogP contribution in [0.4, 0.5) is 0 Å². The van der Waals surface area contributed by atoms with Crippen LogP contribution in [-0.2, 0) is 19.7 Å². The molecule has 3 nitrogen and oxygen atoms in total. The van der Waals surface area contributed by atoms with Crippen molar-refractivity contribution in [2.24, 2.45) is 0 Å². The largest absolute Gasteiger partial charge is 0.296 e.